The summed E-state index contributed by atoms with van der Waals surface area (Å²) in [6.45, 7) is 14.4. The van der Waals surface area contributed by atoms with Gasteiger partial charge in [-0.05, 0) is 45.2 Å². The number of ether oxygens (including phenoxy) is 2. The second-order valence-corrected chi connectivity index (χ2v) is 5.67. The summed E-state index contributed by atoms with van der Waals surface area (Å²) in [4.78, 5) is 2.54. The van der Waals surface area contributed by atoms with Crippen molar-refractivity contribution < 1.29 is 9.47 Å². The molecule has 1 rings (SSSR count). The predicted molar refractivity (Wildman–Crippen MR) is 71.4 cm³/mol. The molecular weight excluding hydrogens is 214 g/mol. The van der Waals surface area contributed by atoms with E-state index in [0.717, 1.165) is 26.4 Å². The average molecular weight is 243 g/mol. The first-order valence-corrected chi connectivity index (χ1v) is 6.98. The lowest BCUT2D eigenvalue weighted by Gasteiger charge is -2.40. The maximum atomic E-state index is 5.58. The van der Waals surface area contributed by atoms with Crippen molar-refractivity contribution >= 4 is 0 Å². The van der Waals surface area contributed by atoms with Crippen LogP contribution in [0.1, 0.15) is 40.5 Å². The fourth-order valence-corrected chi connectivity index (χ4v) is 2.26. The molecule has 1 saturated heterocycles. The van der Waals surface area contributed by atoms with Crippen LogP contribution in [0, 0.1) is 5.41 Å². The van der Waals surface area contributed by atoms with E-state index in [1.165, 1.54) is 25.9 Å². The first-order valence-electron chi connectivity index (χ1n) is 6.98. The van der Waals surface area contributed by atoms with Gasteiger partial charge < -0.3 is 9.47 Å². The molecule has 17 heavy (non-hydrogen) atoms. The Morgan fingerprint density at radius 3 is 1.88 bits per heavy atom. The lowest BCUT2D eigenvalue weighted by Crippen LogP contribution is -2.47. The molecule has 0 aromatic rings. The van der Waals surface area contributed by atoms with Gasteiger partial charge in [0.1, 0.15) is 0 Å². The number of hydrogen-bond acceptors (Lipinski definition) is 3. The van der Waals surface area contributed by atoms with Gasteiger partial charge in [-0.15, -0.1) is 0 Å². The molecule has 1 aliphatic rings. The fourth-order valence-electron chi connectivity index (χ4n) is 2.26. The molecule has 0 aliphatic carbocycles. The van der Waals surface area contributed by atoms with Gasteiger partial charge in [0.25, 0.3) is 0 Å². The predicted octanol–water partition coefficient (Wildman–Crippen LogP) is 2.55. The van der Waals surface area contributed by atoms with Gasteiger partial charge in [-0.3, -0.25) is 4.90 Å². The van der Waals surface area contributed by atoms with Crippen molar-refractivity contribution in [2.24, 2.45) is 5.41 Å². The zero-order valence-electron chi connectivity index (χ0n) is 12.0. The Bertz CT molecular complexity index is 188. The smallest absolute Gasteiger partial charge is 0.0644 e. The lowest BCUT2D eigenvalue weighted by atomic mass is 9.82. The number of piperidine rings is 1. The van der Waals surface area contributed by atoms with Crippen molar-refractivity contribution in [3.05, 3.63) is 0 Å². The van der Waals surface area contributed by atoms with Crippen LogP contribution in [-0.2, 0) is 9.47 Å². The summed E-state index contributed by atoms with van der Waals surface area (Å²) in [7, 11) is 0. The molecular formula is C14H29NO2. The van der Waals surface area contributed by atoms with Gasteiger partial charge in [0.2, 0.25) is 0 Å². The molecule has 0 N–H and O–H groups in total. The average Bonchev–Trinajstić information content (AvgIpc) is 2.30. The molecule has 0 saturated carbocycles. The van der Waals surface area contributed by atoms with E-state index >= 15 is 0 Å². The third kappa shape index (κ3) is 5.36. The van der Waals surface area contributed by atoms with Crippen LogP contribution < -0.4 is 0 Å². The standard InChI is InChI=1S/C14H29NO2/c1-5-16-11-13(12-17-6-2)15-9-7-14(3,4)8-10-15/h13H,5-12H2,1-4H3. The minimum absolute atomic E-state index is 0.436. The molecule has 0 unspecified atom stereocenters. The first-order chi connectivity index (χ1) is 8.09. The molecule has 0 amide bonds. The van der Waals surface area contributed by atoms with Gasteiger partial charge in [-0.25, -0.2) is 0 Å². The normalized spacial score (nSPS) is 21.0. The maximum absolute atomic E-state index is 5.58. The van der Waals surface area contributed by atoms with Crippen molar-refractivity contribution in [1.29, 1.82) is 0 Å². The topological polar surface area (TPSA) is 21.7 Å². The van der Waals surface area contributed by atoms with Gasteiger partial charge in [0.15, 0.2) is 0 Å². The molecule has 102 valence electrons. The quantitative estimate of drug-likeness (QED) is 0.686. The maximum Gasteiger partial charge on any atom is 0.0644 e. The highest BCUT2D eigenvalue weighted by Gasteiger charge is 2.29. The summed E-state index contributed by atoms with van der Waals surface area (Å²) in [6, 6.07) is 0.436. The second kappa shape index (κ2) is 7.34. The van der Waals surface area contributed by atoms with Gasteiger partial charge >= 0.3 is 0 Å². The zero-order chi connectivity index (χ0) is 12.7. The van der Waals surface area contributed by atoms with E-state index in [9.17, 15) is 0 Å². The molecule has 0 atom stereocenters. The first kappa shape index (κ1) is 14.9. The van der Waals surface area contributed by atoms with Crippen LogP contribution in [0.25, 0.3) is 0 Å². The monoisotopic (exact) mass is 243 g/mol. The van der Waals surface area contributed by atoms with Crippen molar-refractivity contribution in [3.63, 3.8) is 0 Å². The molecule has 3 heteroatoms. The van der Waals surface area contributed by atoms with E-state index in [-0.39, 0.29) is 0 Å². The highest BCUT2D eigenvalue weighted by molar-refractivity contribution is 4.82. The van der Waals surface area contributed by atoms with Crippen LogP contribution in [0.15, 0.2) is 0 Å². The number of nitrogens with zero attached hydrogens (tertiary/aromatic N) is 1. The third-order valence-electron chi connectivity index (χ3n) is 3.70. The summed E-state index contributed by atoms with van der Waals surface area (Å²) in [6.07, 6.45) is 2.56. The van der Waals surface area contributed by atoms with Crippen LogP contribution >= 0.6 is 0 Å². The van der Waals surface area contributed by atoms with E-state index in [4.69, 9.17) is 9.47 Å². The Hall–Kier alpha value is -0.120. The summed E-state index contributed by atoms with van der Waals surface area (Å²) in [5.41, 5.74) is 0.512. The number of likely N-dealkylation sites (tertiary alicyclic amines) is 1. The molecule has 0 spiro atoms. The SMILES string of the molecule is CCOCC(COCC)N1CCC(C)(C)CC1. The molecule has 0 bridgehead atoms. The molecule has 0 aromatic carbocycles. The van der Waals surface area contributed by atoms with E-state index in [1.54, 1.807) is 0 Å². The fraction of sp³-hybridized carbons (Fsp3) is 1.00. The summed E-state index contributed by atoms with van der Waals surface area (Å²) < 4.78 is 11.2. The van der Waals surface area contributed by atoms with Crippen molar-refractivity contribution in [2.75, 3.05) is 39.5 Å². The number of rotatable bonds is 7. The van der Waals surface area contributed by atoms with Gasteiger partial charge in [-0.2, -0.15) is 0 Å². The largest absolute Gasteiger partial charge is 0.380 e. The minimum Gasteiger partial charge on any atom is -0.380 e. The van der Waals surface area contributed by atoms with Gasteiger partial charge in [0, 0.05) is 13.2 Å². The highest BCUT2D eigenvalue weighted by Crippen LogP contribution is 2.30. The second-order valence-electron chi connectivity index (χ2n) is 5.67. The Kier molecular flexibility index (Phi) is 6.45. The minimum atomic E-state index is 0.436. The molecule has 1 heterocycles. The van der Waals surface area contributed by atoms with E-state index in [1.807, 2.05) is 0 Å². The molecule has 1 fully saturated rings. The van der Waals surface area contributed by atoms with Crippen LogP contribution in [-0.4, -0.2) is 50.5 Å². The highest BCUT2D eigenvalue weighted by atomic mass is 16.5. The summed E-state index contributed by atoms with van der Waals surface area (Å²) in [5, 5.41) is 0. The molecule has 1 aliphatic heterocycles. The summed E-state index contributed by atoms with van der Waals surface area (Å²) >= 11 is 0. The van der Waals surface area contributed by atoms with Crippen LogP contribution in [0.4, 0.5) is 0 Å². The van der Waals surface area contributed by atoms with Crippen LogP contribution in [0.2, 0.25) is 0 Å². The summed E-state index contributed by atoms with van der Waals surface area (Å²) in [5.74, 6) is 0. The van der Waals surface area contributed by atoms with E-state index in [0.29, 0.717) is 11.5 Å². The van der Waals surface area contributed by atoms with Gasteiger partial charge in [-0.1, -0.05) is 13.8 Å². The Morgan fingerprint density at radius 2 is 1.47 bits per heavy atom. The van der Waals surface area contributed by atoms with Gasteiger partial charge in [0.05, 0.1) is 19.3 Å². The Labute approximate surface area is 106 Å². The van der Waals surface area contributed by atoms with Crippen LogP contribution in [0.3, 0.4) is 0 Å². The van der Waals surface area contributed by atoms with Crippen molar-refractivity contribution in [2.45, 2.75) is 46.6 Å². The van der Waals surface area contributed by atoms with E-state index in [2.05, 4.69) is 32.6 Å². The third-order valence-corrected chi connectivity index (χ3v) is 3.70. The van der Waals surface area contributed by atoms with Crippen molar-refractivity contribution in [1.82, 2.24) is 4.90 Å². The van der Waals surface area contributed by atoms with Crippen LogP contribution in [0.5, 0.6) is 0 Å². The lowest BCUT2D eigenvalue weighted by molar-refractivity contribution is -0.0101. The Morgan fingerprint density at radius 1 is 1.00 bits per heavy atom. The zero-order valence-corrected chi connectivity index (χ0v) is 12.0. The molecule has 3 nitrogen and oxygen atoms in total. The molecule has 0 aromatic heterocycles. The van der Waals surface area contributed by atoms with E-state index < -0.39 is 0 Å². The van der Waals surface area contributed by atoms with Crippen molar-refractivity contribution in [3.8, 4) is 0 Å². The Balaban J connectivity index is 2.40. The number of hydrogen-bond donors (Lipinski definition) is 0. The molecule has 0 radical (unpaired) electrons.